The summed E-state index contributed by atoms with van der Waals surface area (Å²) in [5.74, 6) is 1.47. The van der Waals surface area contributed by atoms with Crippen molar-refractivity contribution in [3.63, 3.8) is 0 Å². The van der Waals surface area contributed by atoms with Gasteiger partial charge in [0.1, 0.15) is 16.8 Å². The van der Waals surface area contributed by atoms with E-state index in [1.54, 1.807) is 6.07 Å². The highest BCUT2D eigenvalue weighted by molar-refractivity contribution is 6.29. The molecule has 4 heteroatoms. The highest BCUT2D eigenvalue weighted by Crippen LogP contribution is 2.18. The van der Waals surface area contributed by atoms with Gasteiger partial charge in [0.05, 0.1) is 0 Å². The molecule has 1 aromatic heterocycles. The molecule has 0 radical (unpaired) electrons. The van der Waals surface area contributed by atoms with Crippen LogP contribution in [-0.2, 0) is 0 Å². The first-order valence-corrected chi connectivity index (χ1v) is 5.10. The van der Waals surface area contributed by atoms with E-state index in [-0.39, 0.29) is 5.54 Å². The molecule has 0 aliphatic heterocycles. The molecule has 0 aliphatic rings. The van der Waals surface area contributed by atoms with Crippen LogP contribution >= 0.6 is 11.6 Å². The fraction of sp³-hybridized carbons (Fsp3) is 0.600. The van der Waals surface area contributed by atoms with Crippen LogP contribution in [0.15, 0.2) is 6.07 Å². The summed E-state index contributed by atoms with van der Waals surface area (Å²) in [6.45, 7) is 8.20. The third-order valence-corrected chi connectivity index (χ3v) is 2.35. The molecule has 14 heavy (non-hydrogen) atoms. The molecule has 0 unspecified atom stereocenters. The van der Waals surface area contributed by atoms with Crippen LogP contribution in [0.2, 0.25) is 5.15 Å². The Bertz CT molecular complexity index is 303. The van der Waals surface area contributed by atoms with E-state index in [2.05, 4.69) is 36.1 Å². The Balaban J connectivity index is 2.87. The zero-order valence-electron chi connectivity index (χ0n) is 9.06. The molecule has 1 heterocycles. The van der Waals surface area contributed by atoms with Crippen LogP contribution in [0, 0.1) is 6.92 Å². The predicted octanol–water partition coefficient (Wildman–Crippen LogP) is 3.04. The van der Waals surface area contributed by atoms with Crippen LogP contribution in [0.4, 0.5) is 5.82 Å². The summed E-state index contributed by atoms with van der Waals surface area (Å²) in [6.07, 6.45) is 1.02. The molecule has 0 spiro atoms. The first kappa shape index (κ1) is 11.2. The standard InChI is InChI=1S/C10H16ClN3/c1-5-10(3,4)14-9-6-8(11)12-7(2)13-9/h6H,5H2,1-4H3,(H,12,13,14). The fourth-order valence-electron chi connectivity index (χ4n) is 1.03. The van der Waals surface area contributed by atoms with E-state index in [1.165, 1.54) is 0 Å². The number of hydrogen-bond acceptors (Lipinski definition) is 3. The highest BCUT2D eigenvalue weighted by atomic mass is 35.5. The first-order chi connectivity index (χ1) is 6.43. The molecule has 0 aliphatic carbocycles. The number of nitrogens with one attached hydrogen (secondary N) is 1. The summed E-state index contributed by atoms with van der Waals surface area (Å²) in [5, 5.41) is 3.79. The molecule has 0 bridgehead atoms. The molecule has 0 saturated carbocycles. The van der Waals surface area contributed by atoms with Crippen LogP contribution in [0.5, 0.6) is 0 Å². The lowest BCUT2D eigenvalue weighted by atomic mass is 10.0. The van der Waals surface area contributed by atoms with E-state index in [0.717, 1.165) is 12.2 Å². The minimum Gasteiger partial charge on any atom is -0.365 e. The van der Waals surface area contributed by atoms with E-state index in [1.807, 2.05) is 6.92 Å². The summed E-state index contributed by atoms with van der Waals surface area (Å²) in [6, 6.07) is 1.74. The molecule has 0 amide bonds. The summed E-state index contributed by atoms with van der Waals surface area (Å²) in [7, 11) is 0. The largest absolute Gasteiger partial charge is 0.365 e. The topological polar surface area (TPSA) is 37.8 Å². The Hall–Kier alpha value is -0.830. The van der Waals surface area contributed by atoms with E-state index in [0.29, 0.717) is 11.0 Å². The van der Waals surface area contributed by atoms with Crippen LogP contribution < -0.4 is 5.32 Å². The number of halogens is 1. The third-order valence-electron chi connectivity index (χ3n) is 2.16. The average Bonchev–Trinajstić information content (AvgIpc) is 2.01. The van der Waals surface area contributed by atoms with Crippen molar-refractivity contribution in [3.05, 3.63) is 17.0 Å². The monoisotopic (exact) mass is 213 g/mol. The van der Waals surface area contributed by atoms with Gasteiger partial charge >= 0.3 is 0 Å². The molecule has 0 aromatic carbocycles. The Morgan fingerprint density at radius 3 is 2.57 bits per heavy atom. The third kappa shape index (κ3) is 3.14. The Labute approximate surface area is 89.9 Å². The van der Waals surface area contributed by atoms with Crippen LogP contribution in [0.3, 0.4) is 0 Å². The SMILES string of the molecule is CCC(C)(C)Nc1cc(Cl)nc(C)n1. The minimum atomic E-state index is 0.0319. The lowest BCUT2D eigenvalue weighted by Crippen LogP contribution is -2.30. The van der Waals surface area contributed by atoms with Gasteiger partial charge in [0, 0.05) is 11.6 Å². The second-order valence-corrected chi connectivity index (χ2v) is 4.37. The molecule has 0 atom stereocenters. The average molecular weight is 214 g/mol. The van der Waals surface area contributed by atoms with Gasteiger partial charge < -0.3 is 5.32 Å². The number of anilines is 1. The van der Waals surface area contributed by atoms with Crippen molar-refractivity contribution in [1.29, 1.82) is 0 Å². The van der Waals surface area contributed by atoms with Crippen molar-refractivity contribution in [1.82, 2.24) is 9.97 Å². The van der Waals surface area contributed by atoms with Gasteiger partial charge in [-0.25, -0.2) is 9.97 Å². The highest BCUT2D eigenvalue weighted by Gasteiger charge is 2.15. The molecular weight excluding hydrogens is 198 g/mol. The van der Waals surface area contributed by atoms with Crippen molar-refractivity contribution in [2.45, 2.75) is 39.7 Å². The number of aromatic nitrogens is 2. The zero-order chi connectivity index (χ0) is 10.8. The van der Waals surface area contributed by atoms with E-state index in [4.69, 9.17) is 11.6 Å². The van der Waals surface area contributed by atoms with Gasteiger partial charge in [0.25, 0.3) is 0 Å². The summed E-state index contributed by atoms with van der Waals surface area (Å²) in [4.78, 5) is 8.26. The molecule has 0 saturated heterocycles. The quantitative estimate of drug-likeness (QED) is 0.785. The maximum Gasteiger partial charge on any atom is 0.134 e. The van der Waals surface area contributed by atoms with Gasteiger partial charge in [0.2, 0.25) is 0 Å². The van der Waals surface area contributed by atoms with Crippen molar-refractivity contribution >= 4 is 17.4 Å². The number of rotatable bonds is 3. The van der Waals surface area contributed by atoms with Gasteiger partial charge in [-0.1, -0.05) is 18.5 Å². The van der Waals surface area contributed by atoms with Crippen molar-refractivity contribution in [2.24, 2.45) is 0 Å². The number of nitrogens with zero attached hydrogens (tertiary/aromatic N) is 2. The Kier molecular flexibility index (Phi) is 3.32. The Morgan fingerprint density at radius 1 is 1.43 bits per heavy atom. The number of aryl methyl sites for hydroxylation is 1. The molecule has 1 N–H and O–H groups in total. The summed E-state index contributed by atoms with van der Waals surface area (Å²) >= 11 is 5.83. The second kappa shape index (κ2) is 4.13. The van der Waals surface area contributed by atoms with Gasteiger partial charge in [0.15, 0.2) is 0 Å². The smallest absolute Gasteiger partial charge is 0.134 e. The normalized spacial score (nSPS) is 11.5. The summed E-state index contributed by atoms with van der Waals surface area (Å²) in [5.41, 5.74) is 0.0319. The Morgan fingerprint density at radius 2 is 2.07 bits per heavy atom. The van der Waals surface area contributed by atoms with Gasteiger partial charge in [-0.05, 0) is 27.2 Å². The molecular formula is C10H16ClN3. The fourth-order valence-corrected chi connectivity index (χ4v) is 1.26. The van der Waals surface area contributed by atoms with Crippen molar-refractivity contribution in [2.75, 3.05) is 5.32 Å². The second-order valence-electron chi connectivity index (χ2n) is 3.99. The molecule has 3 nitrogen and oxygen atoms in total. The molecule has 0 fully saturated rings. The lowest BCUT2D eigenvalue weighted by Gasteiger charge is -2.25. The van der Waals surface area contributed by atoms with Gasteiger partial charge in [-0.3, -0.25) is 0 Å². The first-order valence-electron chi connectivity index (χ1n) is 4.72. The van der Waals surface area contributed by atoms with Crippen molar-refractivity contribution < 1.29 is 0 Å². The van der Waals surface area contributed by atoms with E-state index >= 15 is 0 Å². The maximum absolute atomic E-state index is 5.83. The van der Waals surface area contributed by atoms with E-state index < -0.39 is 0 Å². The maximum atomic E-state index is 5.83. The summed E-state index contributed by atoms with van der Waals surface area (Å²) < 4.78 is 0. The molecule has 1 aromatic rings. The van der Waals surface area contributed by atoms with Crippen LogP contribution in [-0.4, -0.2) is 15.5 Å². The zero-order valence-corrected chi connectivity index (χ0v) is 9.81. The predicted molar refractivity (Wildman–Crippen MR) is 59.8 cm³/mol. The van der Waals surface area contributed by atoms with Crippen LogP contribution in [0.25, 0.3) is 0 Å². The van der Waals surface area contributed by atoms with Crippen molar-refractivity contribution in [3.8, 4) is 0 Å². The number of hydrogen-bond donors (Lipinski definition) is 1. The molecule has 1 rings (SSSR count). The van der Waals surface area contributed by atoms with Crippen LogP contribution in [0.1, 0.15) is 33.0 Å². The minimum absolute atomic E-state index is 0.0319. The van der Waals surface area contributed by atoms with Gasteiger partial charge in [-0.2, -0.15) is 0 Å². The van der Waals surface area contributed by atoms with E-state index in [9.17, 15) is 0 Å². The van der Waals surface area contributed by atoms with Gasteiger partial charge in [-0.15, -0.1) is 0 Å². The lowest BCUT2D eigenvalue weighted by molar-refractivity contribution is 0.544. The molecule has 78 valence electrons.